The van der Waals surface area contributed by atoms with Crippen LogP contribution in [-0.4, -0.2) is 4.98 Å². The van der Waals surface area contributed by atoms with Crippen LogP contribution in [0.15, 0.2) is 46.4 Å². The molecule has 1 N–H and O–H groups in total. The van der Waals surface area contributed by atoms with Crippen LogP contribution in [0.4, 0.5) is 4.39 Å². The summed E-state index contributed by atoms with van der Waals surface area (Å²) in [5.41, 5.74) is 2.82. The van der Waals surface area contributed by atoms with E-state index >= 15 is 0 Å². The van der Waals surface area contributed by atoms with Gasteiger partial charge in [-0.3, -0.25) is 0 Å². The van der Waals surface area contributed by atoms with Gasteiger partial charge in [-0.2, -0.15) is 0 Å². The van der Waals surface area contributed by atoms with E-state index in [-0.39, 0.29) is 11.9 Å². The predicted octanol–water partition coefficient (Wildman–Crippen LogP) is 5.05. The Morgan fingerprint density at radius 1 is 1.29 bits per heavy atom. The van der Waals surface area contributed by atoms with E-state index in [0.717, 1.165) is 19.7 Å². The number of fused-ring (bicyclic) bond motifs is 1. The van der Waals surface area contributed by atoms with Crippen molar-refractivity contribution in [2.24, 2.45) is 0 Å². The topological polar surface area (TPSA) is 24.9 Å². The summed E-state index contributed by atoms with van der Waals surface area (Å²) in [6.45, 7) is 2.65. The Bertz CT molecular complexity index is 772. The number of rotatable bonds is 4. The van der Waals surface area contributed by atoms with E-state index in [1.165, 1.54) is 6.07 Å². The fourth-order valence-corrected chi connectivity index (χ4v) is 3.65. The Morgan fingerprint density at radius 2 is 2.10 bits per heavy atom. The average Bonchev–Trinajstić information content (AvgIpc) is 2.84. The minimum Gasteiger partial charge on any atom is -0.306 e. The number of nitrogens with one attached hydrogen (secondary N) is 1. The summed E-state index contributed by atoms with van der Waals surface area (Å²) in [6.07, 6.45) is 0. The Kier molecular flexibility index (Phi) is 4.33. The highest BCUT2D eigenvalue weighted by Gasteiger charge is 2.10. The van der Waals surface area contributed by atoms with Gasteiger partial charge < -0.3 is 5.32 Å². The lowest BCUT2D eigenvalue weighted by Gasteiger charge is -2.15. The second-order valence-corrected chi connectivity index (χ2v) is 7.20. The van der Waals surface area contributed by atoms with Crippen molar-refractivity contribution in [2.45, 2.75) is 19.5 Å². The van der Waals surface area contributed by atoms with Gasteiger partial charge in [0.15, 0.2) is 3.92 Å². The summed E-state index contributed by atoms with van der Waals surface area (Å²) in [5, 5.41) is 3.35. The van der Waals surface area contributed by atoms with E-state index in [1.807, 2.05) is 19.1 Å². The monoisotopic (exact) mass is 364 g/mol. The SMILES string of the molecule is C[C@@H](NCc1ccc2sc(Br)nc2c1)c1ccccc1F. The lowest BCUT2D eigenvalue weighted by Crippen LogP contribution is -2.19. The van der Waals surface area contributed by atoms with E-state index in [9.17, 15) is 4.39 Å². The summed E-state index contributed by atoms with van der Waals surface area (Å²) in [6, 6.07) is 13.0. The van der Waals surface area contributed by atoms with Crippen molar-refractivity contribution in [2.75, 3.05) is 0 Å². The van der Waals surface area contributed by atoms with Gasteiger partial charge in [-0.05, 0) is 46.6 Å². The molecule has 1 atom stereocenters. The highest BCUT2D eigenvalue weighted by Crippen LogP contribution is 2.26. The van der Waals surface area contributed by atoms with Crippen LogP contribution in [0.1, 0.15) is 24.1 Å². The molecule has 2 nitrogen and oxygen atoms in total. The van der Waals surface area contributed by atoms with Gasteiger partial charge in [0.2, 0.25) is 0 Å². The van der Waals surface area contributed by atoms with E-state index in [0.29, 0.717) is 12.1 Å². The number of halogens is 2. The van der Waals surface area contributed by atoms with Crippen LogP contribution in [0.25, 0.3) is 10.2 Å². The van der Waals surface area contributed by atoms with Crippen LogP contribution in [0, 0.1) is 5.82 Å². The molecule has 3 rings (SSSR count). The van der Waals surface area contributed by atoms with Crippen LogP contribution >= 0.6 is 27.3 Å². The van der Waals surface area contributed by atoms with E-state index in [4.69, 9.17) is 0 Å². The molecule has 0 aliphatic rings. The van der Waals surface area contributed by atoms with Gasteiger partial charge >= 0.3 is 0 Å². The maximum absolute atomic E-state index is 13.7. The number of hydrogen-bond acceptors (Lipinski definition) is 3. The lowest BCUT2D eigenvalue weighted by atomic mass is 10.1. The smallest absolute Gasteiger partial charge is 0.160 e. The first-order valence-electron chi connectivity index (χ1n) is 6.66. The Hall–Kier alpha value is -1.30. The molecule has 21 heavy (non-hydrogen) atoms. The zero-order chi connectivity index (χ0) is 14.8. The molecule has 0 unspecified atom stereocenters. The molecule has 0 saturated heterocycles. The molecule has 0 saturated carbocycles. The number of nitrogens with zero attached hydrogens (tertiary/aromatic N) is 1. The molecule has 108 valence electrons. The van der Waals surface area contributed by atoms with Crippen LogP contribution in [0.5, 0.6) is 0 Å². The molecule has 0 fully saturated rings. The van der Waals surface area contributed by atoms with Gasteiger partial charge in [0.25, 0.3) is 0 Å². The fourth-order valence-electron chi connectivity index (χ4n) is 2.26. The van der Waals surface area contributed by atoms with Crippen LogP contribution in [0.2, 0.25) is 0 Å². The van der Waals surface area contributed by atoms with E-state index < -0.39 is 0 Å². The molecule has 0 amide bonds. The van der Waals surface area contributed by atoms with Crippen molar-refractivity contribution < 1.29 is 4.39 Å². The molecule has 0 radical (unpaired) electrons. The second kappa shape index (κ2) is 6.22. The Balaban J connectivity index is 1.72. The van der Waals surface area contributed by atoms with Crippen LogP contribution in [0.3, 0.4) is 0 Å². The minimum atomic E-state index is -0.170. The predicted molar refractivity (Wildman–Crippen MR) is 89.0 cm³/mol. The summed E-state index contributed by atoms with van der Waals surface area (Å²) in [7, 11) is 0. The average molecular weight is 365 g/mol. The molecule has 0 aliphatic carbocycles. The van der Waals surface area contributed by atoms with Crippen molar-refractivity contribution in [3.8, 4) is 0 Å². The van der Waals surface area contributed by atoms with Gasteiger partial charge in [-0.25, -0.2) is 9.37 Å². The van der Waals surface area contributed by atoms with E-state index in [1.54, 1.807) is 17.4 Å². The standard InChI is InChI=1S/C16H14BrFN2S/c1-10(12-4-2-3-5-13(12)18)19-9-11-6-7-15-14(8-11)20-16(17)21-15/h2-8,10,19H,9H2,1H3/t10-/m1/s1. The third-order valence-corrected chi connectivity index (χ3v) is 4.90. The van der Waals surface area contributed by atoms with E-state index in [2.05, 4.69) is 44.4 Å². The first-order valence-corrected chi connectivity index (χ1v) is 8.27. The third-order valence-electron chi connectivity index (χ3n) is 3.41. The molecular weight excluding hydrogens is 351 g/mol. The van der Waals surface area contributed by atoms with Gasteiger partial charge in [-0.15, -0.1) is 11.3 Å². The lowest BCUT2D eigenvalue weighted by molar-refractivity contribution is 0.528. The number of hydrogen-bond donors (Lipinski definition) is 1. The normalized spacial score (nSPS) is 12.7. The minimum absolute atomic E-state index is 0.0379. The second-order valence-electron chi connectivity index (χ2n) is 4.89. The Labute approximate surface area is 135 Å². The summed E-state index contributed by atoms with van der Waals surface area (Å²) in [5.74, 6) is -0.170. The summed E-state index contributed by atoms with van der Waals surface area (Å²) < 4.78 is 15.8. The first-order chi connectivity index (χ1) is 10.1. The molecule has 1 heterocycles. The van der Waals surface area contributed by atoms with Crippen molar-refractivity contribution in [1.29, 1.82) is 0 Å². The van der Waals surface area contributed by atoms with Crippen molar-refractivity contribution in [1.82, 2.24) is 10.3 Å². The van der Waals surface area contributed by atoms with Crippen molar-refractivity contribution >= 4 is 37.5 Å². The van der Waals surface area contributed by atoms with Crippen LogP contribution < -0.4 is 5.32 Å². The molecule has 0 bridgehead atoms. The summed E-state index contributed by atoms with van der Waals surface area (Å²) in [4.78, 5) is 4.42. The molecule has 2 aromatic carbocycles. The fraction of sp³-hybridized carbons (Fsp3) is 0.188. The highest BCUT2D eigenvalue weighted by atomic mass is 79.9. The van der Waals surface area contributed by atoms with Gasteiger partial charge in [0.1, 0.15) is 5.82 Å². The van der Waals surface area contributed by atoms with Crippen LogP contribution in [-0.2, 0) is 6.54 Å². The quantitative estimate of drug-likeness (QED) is 0.700. The zero-order valence-electron chi connectivity index (χ0n) is 11.4. The molecule has 0 aliphatic heterocycles. The maximum Gasteiger partial charge on any atom is 0.160 e. The largest absolute Gasteiger partial charge is 0.306 e. The number of aromatic nitrogens is 1. The molecular formula is C16H14BrFN2S. The van der Waals surface area contributed by atoms with Gasteiger partial charge in [-0.1, -0.05) is 24.3 Å². The number of benzene rings is 2. The highest BCUT2D eigenvalue weighted by molar-refractivity contribution is 9.11. The van der Waals surface area contributed by atoms with Gasteiger partial charge in [0, 0.05) is 18.2 Å². The molecule has 1 aromatic heterocycles. The van der Waals surface area contributed by atoms with Crippen molar-refractivity contribution in [3.63, 3.8) is 0 Å². The summed E-state index contributed by atoms with van der Waals surface area (Å²) >= 11 is 5.02. The van der Waals surface area contributed by atoms with Crippen molar-refractivity contribution in [3.05, 3.63) is 63.3 Å². The van der Waals surface area contributed by atoms with Gasteiger partial charge in [0.05, 0.1) is 10.2 Å². The number of thiazole rings is 1. The molecule has 0 spiro atoms. The Morgan fingerprint density at radius 3 is 2.90 bits per heavy atom. The third kappa shape index (κ3) is 3.31. The molecule has 3 aromatic rings. The zero-order valence-corrected chi connectivity index (χ0v) is 13.8. The first kappa shape index (κ1) is 14.6. The maximum atomic E-state index is 13.7. The molecule has 5 heteroatoms.